The number of carbonyl (C=O) groups excluding carboxylic acids is 1. The predicted molar refractivity (Wildman–Crippen MR) is 84.1 cm³/mol. The van der Waals surface area contributed by atoms with Crippen LogP contribution in [0, 0.1) is 5.92 Å². The summed E-state index contributed by atoms with van der Waals surface area (Å²) < 4.78 is 5.76. The molecule has 1 aromatic carbocycles. The Morgan fingerprint density at radius 1 is 1.30 bits per heavy atom. The SMILES string of the molecule is CC(C)CCOc1ccccc1CNC(=O)[C@H](C)N.Cl. The highest BCUT2D eigenvalue weighted by Crippen LogP contribution is 2.18. The molecule has 1 atom stereocenters. The fraction of sp³-hybridized carbons (Fsp3) is 0.533. The van der Waals surface area contributed by atoms with Gasteiger partial charge in [-0.1, -0.05) is 32.0 Å². The standard InChI is InChI=1S/C15H24N2O2.ClH/c1-11(2)8-9-19-14-7-5-4-6-13(14)10-17-15(18)12(3)16;/h4-7,11-12H,8-10,16H2,1-3H3,(H,17,18);1H/t12-;/m0./s1. The number of halogens is 1. The summed E-state index contributed by atoms with van der Waals surface area (Å²) in [4.78, 5) is 11.5. The quantitative estimate of drug-likeness (QED) is 0.813. The first-order chi connectivity index (χ1) is 9.00. The van der Waals surface area contributed by atoms with E-state index in [1.807, 2.05) is 24.3 Å². The molecule has 4 nitrogen and oxygen atoms in total. The second-order valence-electron chi connectivity index (χ2n) is 5.15. The lowest BCUT2D eigenvalue weighted by Crippen LogP contribution is -2.37. The minimum absolute atomic E-state index is 0. The van der Waals surface area contributed by atoms with E-state index in [2.05, 4.69) is 19.2 Å². The maximum Gasteiger partial charge on any atom is 0.236 e. The summed E-state index contributed by atoms with van der Waals surface area (Å²) in [5, 5.41) is 2.79. The van der Waals surface area contributed by atoms with Gasteiger partial charge in [0.05, 0.1) is 12.6 Å². The normalized spacial score (nSPS) is 11.7. The molecule has 1 rings (SSSR count). The number of para-hydroxylation sites is 1. The minimum Gasteiger partial charge on any atom is -0.493 e. The molecule has 0 saturated carbocycles. The first kappa shape index (κ1) is 18.7. The van der Waals surface area contributed by atoms with E-state index in [0.29, 0.717) is 19.1 Å². The summed E-state index contributed by atoms with van der Waals surface area (Å²) in [6.45, 7) is 7.13. The zero-order valence-electron chi connectivity index (χ0n) is 12.4. The summed E-state index contributed by atoms with van der Waals surface area (Å²) in [6, 6.07) is 7.25. The smallest absolute Gasteiger partial charge is 0.236 e. The molecule has 114 valence electrons. The lowest BCUT2D eigenvalue weighted by atomic mass is 10.1. The Hall–Kier alpha value is -1.26. The number of nitrogens with two attached hydrogens (primary N) is 1. The molecule has 0 aromatic heterocycles. The van der Waals surface area contributed by atoms with E-state index in [9.17, 15) is 4.79 Å². The Morgan fingerprint density at radius 3 is 2.55 bits per heavy atom. The summed E-state index contributed by atoms with van der Waals surface area (Å²) in [5.74, 6) is 1.29. The van der Waals surface area contributed by atoms with Crippen LogP contribution in [0.1, 0.15) is 32.8 Å². The molecule has 0 heterocycles. The molecule has 20 heavy (non-hydrogen) atoms. The highest BCUT2D eigenvalue weighted by atomic mass is 35.5. The van der Waals surface area contributed by atoms with Gasteiger partial charge in [-0.05, 0) is 25.3 Å². The fourth-order valence-electron chi connectivity index (χ4n) is 1.54. The van der Waals surface area contributed by atoms with E-state index in [0.717, 1.165) is 17.7 Å². The molecule has 0 saturated heterocycles. The third kappa shape index (κ3) is 6.78. The lowest BCUT2D eigenvalue weighted by molar-refractivity contribution is -0.122. The van der Waals surface area contributed by atoms with E-state index in [1.165, 1.54) is 0 Å². The number of carbonyl (C=O) groups is 1. The van der Waals surface area contributed by atoms with Crippen LogP contribution in [0.4, 0.5) is 0 Å². The third-order valence-corrected chi connectivity index (χ3v) is 2.79. The first-order valence-electron chi connectivity index (χ1n) is 6.74. The Bertz CT molecular complexity index is 409. The van der Waals surface area contributed by atoms with Crippen molar-refractivity contribution in [3.63, 3.8) is 0 Å². The maximum atomic E-state index is 11.5. The summed E-state index contributed by atoms with van der Waals surface area (Å²) in [6.07, 6.45) is 1.01. The van der Waals surface area contributed by atoms with E-state index in [1.54, 1.807) is 6.92 Å². The van der Waals surface area contributed by atoms with Gasteiger partial charge in [-0.2, -0.15) is 0 Å². The second kappa shape index (κ2) is 9.61. The van der Waals surface area contributed by atoms with Crippen molar-refractivity contribution in [2.75, 3.05) is 6.61 Å². The highest BCUT2D eigenvalue weighted by molar-refractivity contribution is 5.85. The number of hydrogen-bond acceptors (Lipinski definition) is 3. The van der Waals surface area contributed by atoms with E-state index in [-0.39, 0.29) is 18.3 Å². The van der Waals surface area contributed by atoms with Crippen LogP contribution in [-0.2, 0) is 11.3 Å². The molecule has 3 N–H and O–H groups in total. The van der Waals surface area contributed by atoms with E-state index in [4.69, 9.17) is 10.5 Å². The monoisotopic (exact) mass is 300 g/mol. The summed E-state index contributed by atoms with van der Waals surface area (Å²) in [7, 11) is 0. The van der Waals surface area contributed by atoms with Crippen LogP contribution in [0.3, 0.4) is 0 Å². The summed E-state index contributed by atoms with van der Waals surface area (Å²) >= 11 is 0. The number of rotatable bonds is 7. The van der Waals surface area contributed by atoms with Crippen molar-refractivity contribution in [1.29, 1.82) is 0 Å². The van der Waals surface area contributed by atoms with Crippen molar-refractivity contribution in [2.24, 2.45) is 11.7 Å². The molecule has 0 bridgehead atoms. The van der Waals surface area contributed by atoms with Gasteiger partial charge in [-0.25, -0.2) is 0 Å². The Morgan fingerprint density at radius 2 is 1.95 bits per heavy atom. The predicted octanol–water partition coefficient (Wildman–Crippen LogP) is 2.50. The molecule has 0 unspecified atom stereocenters. The number of hydrogen-bond donors (Lipinski definition) is 2. The van der Waals surface area contributed by atoms with Gasteiger partial charge in [0.25, 0.3) is 0 Å². The molecule has 1 aromatic rings. The van der Waals surface area contributed by atoms with Crippen LogP contribution in [0.2, 0.25) is 0 Å². The van der Waals surface area contributed by atoms with Crippen LogP contribution in [0.5, 0.6) is 5.75 Å². The van der Waals surface area contributed by atoms with Crippen LogP contribution >= 0.6 is 12.4 Å². The zero-order chi connectivity index (χ0) is 14.3. The van der Waals surface area contributed by atoms with Crippen molar-refractivity contribution in [3.05, 3.63) is 29.8 Å². The average molecular weight is 301 g/mol. The topological polar surface area (TPSA) is 64.3 Å². The Labute approximate surface area is 127 Å². The van der Waals surface area contributed by atoms with Gasteiger partial charge in [-0.15, -0.1) is 12.4 Å². The van der Waals surface area contributed by atoms with Gasteiger partial charge >= 0.3 is 0 Å². The lowest BCUT2D eigenvalue weighted by Gasteiger charge is -2.13. The minimum atomic E-state index is -0.492. The summed E-state index contributed by atoms with van der Waals surface area (Å²) in [5.41, 5.74) is 6.48. The molecular formula is C15H25ClN2O2. The number of benzene rings is 1. The maximum absolute atomic E-state index is 11.5. The Balaban J connectivity index is 0.00000361. The molecular weight excluding hydrogens is 276 g/mol. The first-order valence-corrected chi connectivity index (χ1v) is 6.74. The number of ether oxygens (including phenoxy) is 1. The van der Waals surface area contributed by atoms with Gasteiger partial charge in [0, 0.05) is 12.1 Å². The molecule has 1 amide bonds. The molecule has 0 fully saturated rings. The van der Waals surface area contributed by atoms with Crippen LogP contribution in [0.15, 0.2) is 24.3 Å². The molecule has 5 heteroatoms. The van der Waals surface area contributed by atoms with E-state index < -0.39 is 6.04 Å². The van der Waals surface area contributed by atoms with Crippen LogP contribution < -0.4 is 15.8 Å². The van der Waals surface area contributed by atoms with Crippen molar-refractivity contribution in [2.45, 2.75) is 39.8 Å². The van der Waals surface area contributed by atoms with Crippen molar-refractivity contribution < 1.29 is 9.53 Å². The van der Waals surface area contributed by atoms with Crippen molar-refractivity contribution >= 4 is 18.3 Å². The van der Waals surface area contributed by atoms with Gasteiger partial charge in [0.15, 0.2) is 0 Å². The van der Waals surface area contributed by atoms with Crippen LogP contribution in [0.25, 0.3) is 0 Å². The van der Waals surface area contributed by atoms with Crippen LogP contribution in [-0.4, -0.2) is 18.6 Å². The third-order valence-electron chi connectivity index (χ3n) is 2.79. The average Bonchev–Trinajstić information content (AvgIpc) is 2.36. The van der Waals surface area contributed by atoms with Crippen molar-refractivity contribution in [1.82, 2.24) is 5.32 Å². The van der Waals surface area contributed by atoms with E-state index >= 15 is 0 Å². The number of amides is 1. The van der Waals surface area contributed by atoms with Crippen molar-refractivity contribution in [3.8, 4) is 5.75 Å². The van der Waals surface area contributed by atoms with Gasteiger partial charge in [0.2, 0.25) is 5.91 Å². The second-order valence-corrected chi connectivity index (χ2v) is 5.15. The van der Waals surface area contributed by atoms with Gasteiger partial charge in [-0.3, -0.25) is 4.79 Å². The molecule has 0 aliphatic rings. The highest BCUT2D eigenvalue weighted by Gasteiger charge is 2.09. The molecule has 0 aliphatic heterocycles. The largest absolute Gasteiger partial charge is 0.493 e. The molecule has 0 radical (unpaired) electrons. The van der Waals surface area contributed by atoms with Gasteiger partial charge in [0.1, 0.15) is 5.75 Å². The Kier molecular flexibility index (Phi) is 9.01. The fourth-order valence-corrected chi connectivity index (χ4v) is 1.54. The molecule has 0 aliphatic carbocycles. The number of nitrogens with one attached hydrogen (secondary N) is 1. The van der Waals surface area contributed by atoms with Gasteiger partial charge < -0.3 is 15.8 Å². The zero-order valence-corrected chi connectivity index (χ0v) is 13.2. The molecule has 0 spiro atoms.